The van der Waals surface area contributed by atoms with E-state index in [1.54, 1.807) is 0 Å². The third-order valence-electron chi connectivity index (χ3n) is 2.77. The molecule has 112 valence electrons. The highest BCUT2D eigenvalue weighted by Crippen LogP contribution is 2.12. The van der Waals surface area contributed by atoms with Gasteiger partial charge >= 0.3 is 0 Å². The van der Waals surface area contributed by atoms with Gasteiger partial charge in [-0.25, -0.2) is 0 Å². The van der Waals surface area contributed by atoms with Crippen LogP contribution in [0.3, 0.4) is 0 Å². The number of benzene rings is 1. The largest absolute Gasteiger partial charge is 0.378 e. The molecular formula is C14H19N5O2. The molecule has 0 unspecified atom stereocenters. The molecule has 0 spiro atoms. The van der Waals surface area contributed by atoms with E-state index in [2.05, 4.69) is 25.9 Å². The SMILES string of the molecule is CC(C)OCCC(=O)Nc1ccc(Cc2nn[nH]n2)cc1. The van der Waals surface area contributed by atoms with E-state index in [1.807, 2.05) is 38.1 Å². The summed E-state index contributed by atoms with van der Waals surface area (Å²) in [5.41, 5.74) is 1.82. The maximum Gasteiger partial charge on any atom is 0.226 e. The molecule has 2 N–H and O–H groups in total. The number of carbonyl (C=O) groups excluding carboxylic acids is 1. The zero-order chi connectivity index (χ0) is 15.1. The second-order valence-electron chi connectivity index (χ2n) is 4.92. The number of aromatic amines is 1. The minimum atomic E-state index is -0.0541. The number of nitrogens with one attached hydrogen (secondary N) is 2. The standard InChI is InChI=1S/C14H19N5O2/c1-10(2)21-8-7-14(20)15-12-5-3-11(4-6-12)9-13-16-18-19-17-13/h3-6,10H,7-9H2,1-2H3,(H,15,20)(H,16,17,18,19). The van der Waals surface area contributed by atoms with Crippen LogP contribution >= 0.6 is 0 Å². The number of rotatable bonds is 7. The first-order valence-corrected chi connectivity index (χ1v) is 6.86. The lowest BCUT2D eigenvalue weighted by Gasteiger charge is -2.08. The van der Waals surface area contributed by atoms with E-state index in [4.69, 9.17) is 4.74 Å². The van der Waals surface area contributed by atoms with Gasteiger partial charge in [-0.1, -0.05) is 17.3 Å². The average Bonchev–Trinajstić information content (AvgIpc) is 2.93. The van der Waals surface area contributed by atoms with Crippen molar-refractivity contribution in [1.29, 1.82) is 0 Å². The highest BCUT2D eigenvalue weighted by molar-refractivity contribution is 5.90. The maximum atomic E-state index is 11.7. The summed E-state index contributed by atoms with van der Waals surface area (Å²) in [6, 6.07) is 7.57. The number of nitrogens with zero attached hydrogens (tertiary/aromatic N) is 3. The Balaban J connectivity index is 1.80. The van der Waals surface area contributed by atoms with Gasteiger partial charge in [-0.15, -0.1) is 10.2 Å². The zero-order valence-corrected chi connectivity index (χ0v) is 12.2. The van der Waals surface area contributed by atoms with E-state index in [9.17, 15) is 4.79 Å². The number of carbonyl (C=O) groups is 1. The van der Waals surface area contributed by atoms with Gasteiger partial charge in [0.25, 0.3) is 0 Å². The fraction of sp³-hybridized carbons (Fsp3) is 0.429. The lowest BCUT2D eigenvalue weighted by molar-refractivity contribution is -0.117. The smallest absolute Gasteiger partial charge is 0.226 e. The molecule has 0 aliphatic heterocycles. The van der Waals surface area contributed by atoms with Gasteiger partial charge in [0.05, 0.1) is 19.1 Å². The molecule has 2 aromatic rings. The Morgan fingerprint density at radius 1 is 1.33 bits per heavy atom. The quantitative estimate of drug-likeness (QED) is 0.806. The summed E-state index contributed by atoms with van der Waals surface area (Å²) >= 11 is 0. The Morgan fingerprint density at radius 2 is 2.10 bits per heavy atom. The van der Waals surface area contributed by atoms with Crippen LogP contribution in [0.2, 0.25) is 0 Å². The van der Waals surface area contributed by atoms with Crippen LogP contribution < -0.4 is 5.32 Å². The second-order valence-corrected chi connectivity index (χ2v) is 4.92. The second kappa shape index (κ2) is 7.49. The molecule has 0 atom stereocenters. The number of anilines is 1. The number of hydrogen-bond donors (Lipinski definition) is 2. The normalized spacial score (nSPS) is 10.8. The van der Waals surface area contributed by atoms with Gasteiger partial charge in [0.15, 0.2) is 5.82 Å². The molecule has 7 nitrogen and oxygen atoms in total. The van der Waals surface area contributed by atoms with Crippen LogP contribution in [0.5, 0.6) is 0 Å². The van der Waals surface area contributed by atoms with Crippen molar-refractivity contribution in [3.8, 4) is 0 Å². The third-order valence-corrected chi connectivity index (χ3v) is 2.77. The van der Waals surface area contributed by atoms with Gasteiger partial charge in [-0.3, -0.25) is 4.79 Å². The van der Waals surface area contributed by atoms with Crippen LogP contribution in [0.25, 0.3) is 0 Å². The molecule has 0 aliphatic rings. The predicted molar refractivity (Wildman–Crippen MR) is 77.8 cm³/mol. The molecule has 21 heavy (non-hydrogen) atoms. The van der Waals surface area contributed by atoms with Crippen LogP contribution in [-0.2, 0) is 16.0 Å². The summed E-state index contributed by atoms with van der Waals surface area (Å²) in [5.74, 6) is 0.583. The van der Waals surface area contributed by atoms with Crippen molar-refractivity contribution < 1.29 is 9.53 Å². The fourth-order valence-corrected chi connectivity index (χ4v) is 1.76. The molecular weight excluding hydrogens is 270 g/mol. The summed E-state index contributed by atoms with van der Waals surface area (Å²) < 4.78 is 5.34. The number of amides is 1. The van der Waals surface area contributed by atoms with Gasteiger partial charge in [0, 0.05) is 12.1 Å². The summed E-state index contributed by atoms with van der Waals surface area (Å²) in [7, 11) is 0. The molecule has 1 heterocycles. The lowest BCUT2D eigenvalue weighted by Crippen LogP contribution is -2.15. The van der Waals surface area contributed by atoms with Crippen LogP contribution in [-0.4, -0.2) is 39.2 Å². The van der Waals surface area contributed by atoms with Crippen LogP contribution in [0, 0.1) is 0 Å². The fourth-order valence-electron chi connectivity index (χ4n) is 1.76. The number of aromatic nitrogens is 4. The molecule has 0 radical (unpaired) electrons. The van der Waals surface area contributed by atoms with Crippen molar-refractivity contribution in [1.82, 2.24) is 20.6 Å². The molecule has 1 aromatic heterocycles. The Morgan fingerprint density at radius 3 is 2.71 bits per heavy atom. The van der Waals surface area contributed by atoms with Crippen molar-refractivity contribution in [2.75, 3.05) is 11.9 Å². The van der Waals surface area contributed by atoms with Crippen molar-refractivity contribution in [2.24, 2.45) is 0 Å². The molecule has 0 bridgehead atoms. The first-order chi connectivity index (χ1) is 10.1. The summed E-state index contributed by atoms with van der Waals surface area (Å²) in [4.78, 5) is 11.7. The van der Waals surface area contributed by atoms with Crippen LogP contribution in [0.4, 0.5) is 5.69 Å². The van der Waals surface area contributed by atoms with E-state index in [0.717, 1.165) is 11.3 Å². The van der Waals surface area contributed by atoms with Crippen molar-refractivity contribution >= 4 is 11.6 Å². The number of tetrazole rings is 1. The molecule has 7 heteroatoms. The van der Waals surface area contributed by atoms with E-state index in [1.165, 1.54) is 0 Å². The first kappa shape index (κ1) is 15.1. The summed E-state index contributed by atoms with van der Waals surface area (Å²) in [6.07, 6.45) is 1.10. The third kappa shape index (κ3) is 5.31. The average molecular weight is 289 g/mol. The molecule has 2 rings (SSSR count). The van der Waals surface area contributed by atoms with Gasteiger partial charge < -0.3 is 10.1 Å². The molecule has 1 aromatic carbocycles. The van der Waals surface area contributed by atoms with Crippen molar-refractivity contribution in [3.63, 3.8) is 0 Å². The van der Waals surface area contributed by atoms with Crippen molar-refractivity contribution in [3.05, 3.63) is 35.7 Å². The van der Waals surface area contributed by atoms with Crippen LogP contribution in [0.15, 0.2) is 24.3 Å². The maximum absolute atomic E-state index is 11.7. The summed E-state index contributed by atoms with van der Waals surface area (Å²) in [5, 5.41) is 16.6. The Kier molecular flexibility index (Phi) is 5.39. The molecule has 0 saturated heterocycles. The minimum Gasteiger partial charge on any atom is -0.378 e. The topological polar surface area (TPSA) is 92.8 Å². The minimum absolute atomic E-state index is 0.0541. The number of hydrogen-bond acceptors (Lipinski definition) is 5. The van der Waals surface area contributed by atoms with Gasteiger partial charge in [-0.2, -0.15) is 5.21 Å². The van der Waals surface area contributed by atoms with E-state index >= 15 is 0 Å². The first-order valence-electron chi connectivity index (χ1n) is 6.86. The Bertz CT molecular complexity index is 551. The predicted octanol–water partition coefficient (Wildman–Crippen LogP) is 1.54. The van der Waals surface area contributed by atoms with Gasteiger partial charge in [0.2, 0.25) is 5.91 Å². The Hall–Kier alpha value is -2.28. The zero-order valence-electron chi connectivity index (χ0n) is 12.2. The van der Waals surface area contributed by atoms with E-state index < -0.39 is 0 Å². The monoisotopic (exact) mass is 289 g/mol. The number of H-pyrrole nitrogens is 1. The molecule has 0 saturated carbocycles. The van der Waals surface area contributed by atoms with Crippen LogP contribution in [0.1, 0.15) is 31.7 Å². The number of ether oxygens (including phenoxy) is 1. The van der Waals surface area contributed by atoms with Crippen molar-refractivity contribution in [2.45, 2.75) is 32.8 Å². The van der Waals surface area contributed by atoms with E-state index in [-0.39, 0.29) is 12.0 Å². The summed E-state index contributed by atoms with van der Waals surface area (Å²) in [6.45, 7) is 4.32. The molecule has 1 amide bonds. The Labute approximate surface area is 123 Å². The highest BCUT2D eigenvalue weighted by atomic mass is 16.5. The van der Waals surface area contributed by atoms with Gasteiger partial charge in [-0.05, 0) is 31.5 Å². The molecule has 0 aliphatic carbocycles. The highest BCUT2D eigenvalue weighted by Gasteiger charge is 2.05. The lowest BCUT2D eigenvalue weighted by atomic mass is 10.1. The van der Waals surface area contributed by atoms with E-state index in [0.29, 0.717) is 25.3 Å². The van der Waals surface area contributed by atoms with Gasteiger partial charge in [0.1, 0.15) is 0 Å². The molecule has 0 fully saturated rings.